The van der Waals surface area contributed by atoms with Gasteiger partial charge in [0.2, 0.25) is 0 Å². The number of allylic oxidation sites excluding steroid dienone is 1. The maximum absolute atomic E-state index is 10.5. The molecular weight excluding hydrogens is 184 g/mol. The summed E-state index contributed by atoms with van der Waals surface area (Å²) in [5, 5.41) is 7.83. The molecule has 0 aromatic carbocycles. The predicted octanol–water partition coefficient (Wildman–Crippen LogP) is 1.75. The number of carboxylic acids is 1. The summed E-state index contributed by atoms with van der Waals surface area (Å²) in [4.78, 5) is 20.0. The van der Waals surface area contributed by atoms with Crippen molar-refractivity contribution < 1.29 is 19.4 Å². The number of carbonyl (C=O) groups excluding carboxylic acids is 1. The molecule has 0 unspecified atom stereocenters. The Kier molecular flexibility index (Phi) is 7.50. The molecule has 1 saturated heterocycles. The van der Waals surface area contributed by atoms with Crippen molar-refractivity contribution in [2.24, 2.45) is 0 Å². The van der Waals surface area contributed by atoms with Crippen LogP contribution >= 0.6 is 0 Å². The Labute approximate surface area is 83.6 Å². The number of carboxylic acid groups (broad SMARTS) is 1. The van der Waals surface area contributed by atoms with Crippen molar-refractivity contribution in [1.29, 1.82) is 0 Å². The molecule has 1 rings (SSSR count). The van der Waals surface area contributed by atoms with Crippen LogP contribution in [0.25, 0.3) is 0 Å². The molecule has 1 aliphatic rings. The van der Waals surface area contributed by atoms with Crippen molar-refractivity contribution in [2.75, 3.05) is 6.61 Å². The van der Waals surface area contributed by atoms with Gasteiger partial charge < -0.3 is 9.84 Å². The van der Waals surface area contributed by atoms with Crippen molar-refractivity contribution in [2.45, 2.75) is 32.6 Å². The average Bonchev–Trinajstić information content (AvgIpc) is 2.33. The van der Waals surface area contributed by atoms with Gasteiger partial charge in [-0.25, -0.2) is 4.79 Å². The van der Waals surface area contributed by atoms with E-state index in [0.717, 1.165) is 25.3 Å². The lowest BCUT2D eigenvalue weighted by atomic mass is 10.2. The predicted molar refractivity (Wildman–Crippen MR) is 51.9 cm³/mol. The van der Waals surface area contributed by atoms with E-state index >= 15 is 0 Å². The summed E-state index contributed by atoms with van der Waals surface area (Å²) >= 11 is 0. The van der Waals surface area contributed by atoms with Crippen molar-refractivity contribution in [3.63, 3.8) is 0 Å². The Bertz CT molecular complexity index is 198. The van der Waals surface area contributed by atoms with Gasteiger partial charge in [-0.1, -0.05) is 6.08 Å². The maximum atomic E-state index is 10.5. The third kappa shape index (κ3) is 8.77. The lowest BCUT2D eigenvalue weighted by Crippen LogP contribution is -2.00. The topological polar surface area (TPSA) is 63.6 Å². The first-order valence-corrected chi connectivity index (χ1v) is 4.68. The van der Waals surface area contributed by atoms with Gasteiger partial charge in [0.1, 0.15) is 0 Å². The molecule has 1 N–H and O–H groups in total. The summed E-state index contributed by atoms with van der Waals surface area (Å²) in [5.41, 5.74) is 0. The van der Waals surface area contributed by atoms with E-state index in [0.29, 0.717) is 13.0 Å². The summed E-state index contributed by atoms with van der Waals surface area (Å²) in [5.74, 6) is -0.917. The monoisotopic (exact) mass is 200 g/mol. The zero-order chi connectivity index (χ0) is 10.8. The van der Waals surface area contributed by atoms with Crippen LogP contribution in [0.2, 0.25) is 0 Å². The zero-order valence-electron chi connectivity index (χ0n) is 8.36. The molecule has 0 aromatic heterocycles. The molecule has 0 amide bonds. The second-order valence-corrected chi connectivity index (χ2v) is 2.87. The molecular formula is C10H16O4. The number of carbonyl (C=O) groups is 2. The number of hydrogen-bond acceptors (Lipinski definition) is 3. The molecule has 80 valence electrons. The molecule has 4 nitrogen and oxygen atoms in total. The normalized spacial score (nSPS) is 16.5. The van der Waals surface area contributed by atoms with Crippen molar-refractivity contribution in [3.8, 4) is 0 Å². The first kappa shape index (κ1) is 12.7. The van der Waals surface area contributed by atoms with E-state index in [1.165, 1.54) is 6.08 Å². The van der Waals surface area contributed by atoms with Crippen LogP contribution in [0.5, 0.6) is 0 Å². The molecule has 0 saturated carbocycles. The average molecular weight is 200 g/mol. The van der Waals surface area contributed by atoms with E-state index in [9.17, 15) is 9.59 Å². The van der Waals surface area contributed by atoms with Gasteiger partial charge in [-0.2, -0.15) is 0 Å². The van der Waals surface area contributed by atoms with Gasteiger partial charge in [0.15, 0.2) is 0 Å². The molecule has 0 spiro atoms. The van der Waals surface area contributed by atoms with Crippen molar-refractivity contribution >= 4 is 11.9 Å². The Morgan fingerprint density at radius 1 is 1.43 bits per heavy atom. The van der Waals surface area contributed by atoms with E-state index in [4.69, 9.17) is 9.84 Å². The highest BCUT2D eigenvalue weighted by atomic mass is 16.5. The largest absolute Gasteiger partial charge is 0.478 e. The fourth-order valence-electron chi connectivity index (χ4n) is 0.949. The Hall–Kier alpha value is -1.32. The van der Waals surface area contributed by atoms with Crippen LogP contribution in [0.3, 0.4) is 0 Å². The smallest absolute Gasteiger partial charge is 0.327 e. The third-order valence-electron chi connectivity index (χ3n) is 1.60. The Morgan fingerprint density at radius 2 is 2.14 bits per heavy atom. The summed E-state index contributed by atoms with van der Waals surface area (Å²) in [6, 6.07) is 0. The minimum Gasteiger partial charge on any atom is -0.478 e. The zero-order valence-corrected chi connectivity index (χ0v) is 8.36. The molecule has 0 bridgehead atoms. The number of hydrogen-bond donors (Lipinski definition) is 1. The first-order chi connectivity index (χ1) is 6.66. The molecule has 1 aliphatic heterocycles. The molecule has 1 fully saturated rings. The molecule has 0 atom stereocenters. The second-order valence-electron chi connectivity index (χ2n) is 2.87. The first-order valence-electron chi connectivity index (χ1n) is 4.68. The Balaban J connectivity index is 0.000000255. The maximum Gasteiger partial charge on any atom is 0.327 e. The van der Waals surface area contributed by atoms with Crippen LogP contribution in [0, 0.1) is 0 Å². The lowest BCUT2D eigenvalue weighted by molar-refractivity contribution is -0.142. The third-order valence-corrected chi connectivity index (χ3v) is 1.60. The van der Waals surface area contributed by atoms with Gasteiger partial charge in [0, 0.05) is 12.5 Å². The highest BCUT2D eigenvalue weighted by Crippen LogP contribution is 2.06. The number of aliphatic carboxylic acids is 1. The van der Waals surface area contributed by atoms with Gasteiger partial charge >= 0.3 is 11.9 Å². The Morgan fingerprint density at radius 3 is 2.64 bits per heavy atom. The summed E-state index contributed by atoms with van der Waals surface area (Å²) in [6.45, 7) is 2.30. The van der Waals surface area contributed by atoms with E-state index in [-0.39, 0.29) is 5.97 Å². The number of rotatable bonds is 1. The van der Waals surface area contributed by atoms with Crippen molar-refractivity contribution in [3.05, 3.63) is 12.2 Å². The SMILES string of the molecule is CC=CC(=O)O.O=C1CCCCCO1. The summed E-state index contributed by atoms with van der Waals surface area (Å²) < 4.78 is 4.76. The van der Waals surface area contributed by atoms with Gasteiger partial charge in [-0.15, -0.1) is 0 Å². The van der Waals surface area contributed by atoms with Crippen LogP contribution in [0.15, 0.2) is 12.2 Å². The highest BCUT2D eigenvalue weighted by Gasteiger charge is 2.05. The van der Waals surface area contributed by atoms with Crippen LogP contribution in [-0.4, -0.2) is 23.7 Å². The van der Waals surface area contributed by atoms with E-state index < -0.39 is 5.97 Å². The van der Waals surface area contributed by atoms with Crippen LogP contribution < -0.4 is 0 Å². The molecule has 1 heterocycles. The van der Waals surface area contributed by atoms with Crippen molar-refractivity contribution in [1.82, 2.24) is 0 Å². The number of cyclic esters (lactones) is 1. The van der Waals surface area contributed by atoms with Gasteiger partial charge in [-0.05, 0) is 26.2 Å². The quantitative estimate of drug-likeness (QED) is 0.517. The second kappa shape index (κ2) is 8.29. The summed E-state index contributed by atoms with van der Waals surface area (Å²) in [6.07, 6.45) is 6.39. The fraction of sp³-hybridized carbons (Fsp3) is 0.600. The number of esters is 1. The molecule has 4 heteroatoms. The van der Waals surface area contributed by atoms with E-state index in [1.807, 2.05) is 0 Å². The van der Waals surface area contributed by atoms with E-state index in [2.05, 4.69) is 0 Å². The molecule has 0 aromatic rings. The summed E-state index contributed by atoms with van der Waals surface area (Å²) in [7, 11) is 0. The van der Waals surface area contributed by atoms with Gasteiger partial charge in [-0.3, -0.25) is 4.79 Å². The van der Waals surface area contributed by atoms with Crippen LogP contribution in [0.4, 0.5) is 0 Å². The lowest BCUT2D eigenvalue weighted by Gasteiger charge is -1.93. The van der Waals surface area contributed by atoms with Gasteiger partial charge in [0.25, 0.3) is 0 Å². The minimum atomic E-state index is -0.891. The van der Waals surface area contributed by atoms with Gasteiger partial charge in [0.05, 0.1) is 6.61 Å². The molecule has 0 aliphatic carbocycles. The number of ether oxygens (including phenoxy) is 1. The van der Waals surface area contributed by atoms with Crippen LogP contribution in [-0.2, 0) is 14.3 Å². The fourth-order valence-corrected chi connectivity index (χ4v) is 0.949. The van der Waals surface area contributed by atoms with Crippen LogP contribution in [0.1, 0.15) is 32.6 Å². The standard InChI is InChI=1S/C6H10O2.C4H6O2/c7-6-4-2-1-3-5-8-6;1-2-3-4(5)6/h1-5H2;2-3H,1H3,(H,5,6). The molecule has 0 radical (unpaired) electrons. The van der Waals surface area contributed by atoms with E-state index in [1.54, 1.807) is 6.92 Å². The highest BCUT2D eigenvalue weighted by molar-refractivity contribution is 5.79. The minimum absolute atomic E-state index is 0.0255. The molecule has 14 heavy (non-hydrogen) atoms.